The molecule has 18 heavy (non-hydrogen) atoms. The van der Waals surface area contributed by atoms with Crippen molar-refractivity contribution in [2.75, 3.05) is 20.1 Å². The van der Waals surface area contributed by atoms with Crippen LogP contribution in [0.3, 0.4) is 0 Å². The zero-order chi connectivity index (χ0) is 12.6. The quantitative estimate of drug-likeness (QED) is 0.881. The first-order chi connectivity index (χ1) is 7.93. The van der Waals surface area contributed by atoms with E-state index in [1.807, 2.05) is 6.92 Å². The molecule has 1 aliphatic rings. The van der Waals surface area contributed by atoms with Gasteiger partial charge in [0.05, 0.1) is 3.79 Å². The van der Waals surface area contributed by atoms with Crippen LogP contribution in [-0.2, 0) is 10.0 Å². The van der Waals surface area contributed by atoms with Gasteiger partial charge in [0.1, 0.15) is 4.21 Å². The summed E-state index contributed by atoms with van der Waals surface area (Å²) >= 11 is 4.64. The van der Waals surface area contributed by atoms with Gasteiger partial charge < -0.3 is 5.32 Å². The molecule has 1 aromatic rings. The van der Waals surface area contributed by atoms with Gasteiger partial charge in [-0.05, 0) is 47.4 Å². The molecule has 1 saturated heterocycles. The molecule has 0 saturated carbocycles. The number of hydrogen-bond acceptors (Lipinski definition) is 4. The molecular weight excluding hydrogens is 360 g/mol. The van der Waals surface area contributed by atoms with Crippen molar-refractivity contribution in [1.29, 1.82) is 0 Å². The number of likely N-dealkylation sites (N-methyl/N-ethyl adjacent to an activating group) is 1. The molecule has 1 atom stereocenters. The zero-order valence-corrected chi connectivity index (χ0v) is 14.2. The summed E-state index contributed by atoms with van der Waals surface area (Å²) in [5, 5.41) is 3.18. The fourth-order valence-electron chi connectivity index (χ4n) is 1.85. The van der Waals surface area contributed by atoms with Crippen LogP contribution in [0.2, 0.25) is 0 Å². The van der Waals surface area contributed by atoms with Crippen LogP contribution < -0.4 is 5.32 Å². The van der Waals surface area contributed by atoms with Crippen LogP contribution in [0.1, 0.15) is 12.0 Å². The van der Waals surface area contributed by atoms with Gasteiger partial charge in [-0.1, -0.05) is 0 Å². The lowest BCUT2D eigenvalue weighted by molar-refractivity contribution is 0.389. The summed E-state index contributed by atoms with van der Waals surface area (Å²) in [6.45, 7) is 3.52. The number of nitrogens with zero attached hydrogens (tertiary/aromatic N) is 1. The summed E-state index contributed by atoms with van der Waals surface area (Å²) in [5.41, 5.74) is 0.964. The SMILES string of the molecule is Cc1cc(S(=O)(=O)N(C)C2CCNC2)sc1Br.Cl. The minimum atomic E-state index is -3.34. The fourth-order valence-corrected chi connectivity index (χ4v) is 5.64. The van der Waals surface area contributed by atoms with Crippen molar-refractivity contribution in [2.45, 2.75) is 23.6 Å². The molecule has 1 fully saturated rings. The number of sulfonamides is 1. The molecule has 2 rings (SSSR count). The number of thiophene rings is 1. The first-order valence-electron chi connectivity index (χ1n) is 5.37. The summed E-state index contributed by atoms with van der Waals surface area (Å²) in [5.74, 6) is 0. The van der Waals surface area contributed by atoms with Crippen molar-refractivity contribution < 1.29 is 8.42 Å². The second-order valence-corrected chi connectivity index (χ2v) is 8.78. The van der Waals surface area contributed by atoms with Crippen molar-refractivity contribution in [3.63, 3.8) is 0 Å². The van der Waals surface area contributed by atoms with Crippen LogP contribution in [0.4, 0.5) is 0 Å². The first-order valence-corrected chi connectivity index (χ1v) is 8.42. The van der Waals surface area contributed by atoms with Gasteiger partial charge >= 0.3 is 0 Å². The predicted octanol–water partition coefficient (Wildman–Crippen LogP) is 2.22. The van der Waals surface area contributed by atoms with Crippen LogP contribution in [-0.4, -0.2) is 38.9 Å². The lowest BCUT2D eigenvalue weighted by Gasteiger charge is -2.22. The van der Waals surface area contributed by atoms with Gasteiger partial charge in [0.2, 0.25) is 0 Å². The van der Waals surface area contributed by atoms with Crippen LogP contribution in [0.25, 0.3) is 0 Å². The minimum absolute atomic E-state index is 0. The molecule has 8 heteroatoms. The Balaban J connectivity index is 0.00000162. The highest BCUT2D eigenvalue weighted by Crippen LogP contribution is 2.32. The highest BCUT2D eigenvalue weighted by molar-refractivity contribution is 9.11. The van der Waals surface area contributed by atoms with Crippen LogP contribution in [0, 0.1) is 6.92 Å². The standard InChI is InChI=1S/C10H15BrN2O2S2.ClH/c1-7-5-9(16-10(7)11)17(14,15)13(2)8-3-4-12-6-8;/h5,8,12H,3-4,6H2,1-2H3;1H. The molecule has 0 aliphatic carbocycles. The van der Waals surface area contributed by atoms with Gasteiger partial charge in [0.25, 0.3) is 10.0 Å². The van der Waals surface area contributed by atoms with Gasteiger partial charge in [0.15, 0.2) is 0 Å². The molecule has 1 N–H and O–H groups in total. The molecule has 1 aromatic heterocycles. The van der Waals surface area contributed by atoms with E-state index in [0.717, 1.165) is 28.9 Å². The van der Waals surface area contributed by atoms with Crippen molar-refractivity contribution >= 4 is 49.7 Å². The molecule has 0 bridgehead atoms. The Morgan fingerprint density at radius 3 is 2.67 bits per heavy atom. The normalized spacial score (nSPS) is 20.1. The minimum Gasteiger partial charge on any atom is -0.315 e. The topological polar surface area (TPSA) is 49.4 Å². The zero-order valence-electron chi connectivity index (χ0n) is 10.1. The van der Waals surface area contributed by atoms with Crippen LogP contribution in [0.15, 0.2) is 14.1 Å². The number of aryl methyl sites for hydroxylation is 1. The summed E-state index contributed by atoms with van der Waals surface area (Å²) in [4.78, 5) is 0. The van der Waals surface area contributed by atoms with Gasteiger partial charge in [-0.25, -0.2) is 8.42 Å². The lowest BCUT2D eigenvalue weighted by Crippen LogP contribution is -2.37. The van der Waals surface area contributed by atoms with Gasteiger partial charge in [-0.15, -0.1) is 23.7 Å². The van der Waals surface area contributed by atoms with E-state index in [1.165, 1.54) is 15.6 Å². The Bertz CT molecular complexity index is 492. The van der Waals surface area contributed by atoms with E-state index in [4.69, 9.17) is 0 Å². The third kappa shape index (κ3) is 3.08. The molecule has 2 heterocycles. The molecule has 0 spiro atoms. The predicted molar refractivity (Wildman–Crippen MR) is 80.2 cm³/mol. The summed E-state index contributed by atoms with van der Waals surface area (Å²) in [6.07, 6.45) is 0.876. The number of nitrogens with one attached hydrogen (secondary N) is 1. The van der Waals surface area contributed by atoms with Gasteiger partial charge in [-0.3, -0.25) is 0 Å². The van der Waals surface area contributed by atoms with Crippen molar-refractivity contribution in [2.24, 2.45) is 0 Å². The van der Waals surface area contributed by atoms with Crippen molar-refractivity contribution in [1.82, 2.24) is 9.62 Å². The molecule has 104 valence electrons. The monoisotopic (exact) mass is 374 g/mol. The van der Waals surface area contributed by atoms with Gasteiger partial charge in [-0.2, -0.15) is 4.31 Å². The Kier molecular flexibility index (Phi) is 5.64. The second kappa shape index (κ2) is 6.19. The van der Waals surface area contributed by atoms with E-state index >= 15 is 0 Å². The van der Waals surface area contributed by atoms with E-state index < -0.39 is 10.0 Å². The third-order valence-corrected chi connectivity index (χ3v) is 7.51. The molecule has 0 amide bonds. The molecule has 1 unspecified atom stereocenters. The molecule has 0 aromatic carbocycles. The average molecular weight is 376 g/mol. The number of halogens is 2. The third-order valence-electron chi connectivity index (χ3n) is 3.02. The van der Waals surface area contributed by atoms with E-state index in [9.17, 15) is 8.42 Å². The average Bonchev–Trinajstić information content (AvgIpc) is 2.88. The maximum atomic E-state index is 12.4. The van der Waals surface area contributed by atoms with Gasteiger partial charge in [0, 0.05) is 19.6 Å². The Morgan fingerprint density at radius 2 is 2.22 bits per heavy atom. The lowest BCUT2D eigenvalue weighted by atomic mass is 10.3. The van der Waals surface area contributed by atoms with Crippen LogP contribution >= 0.6 is 39.7 Å². The largest absolute Gasteiger partial charge is 0.315 e. The second-order valence-electron chi connectivity index (χ2n) is 4.19. The Labute approximate surface area is 126 Å². The van der Waals surface area contributed by atoms with Crippen molar-refractivity contribution in [3.05, 3.63) is 15.4 Å². The summed E-state index contributed by atoms with van der Waals surface area (Å²) in [6, 6.07) is 1.80. The molecular formula is C10H16BrClN2O2S2. The Morgan fingerprint density at radius 1 is 1.56 bits per heavy atom. The number of hydrogen-bond donors (Lipinski definition) is 1. The van der Waals surface area contributed by atoms with Crippen molar-refractivity contribution in [3.8, 4) is 0 Å². The molecule has 1 aliphatic heterocycles. The van der Waals surface area contributed by atoms with E-state index in [0.29, 0.717) is 4.21 Å². The maximum Gasteiger partial charge on any atom is 0.252 e. The first kappa shape index (κ1) is 16.4. The highest BCUT2D eigenvalue weighted by atomic mass is 79.9. The smallest absolute Gasteiger partial charge is 0.252 e. The summed E-state index contributed by atoms with van der Waals surface area (Å²) in [7, 11) is -1.68. The van der Waals surface area contributed by atoms with E-state index in [2.05, 4.69) is 21.2 Å². The number of rotatable bonds is 3. The fraction of sp³-hybridized carbons (Fsp3) is 0.600. The summed E-state index contributed by atoms with van der Waals surface area (Å²) < 4.78 is 27.5. The maximum absolute atomic E-state index is 12.4. The van der Waals surface area contributed by atoms with E-state index in [1.54, 1.807) is 13.1 Å². The highest BCUT2D eigenvalue weighted by Gasteiger charge is 2.31. The molecule has 4 nitrogen and oxygen atoms in total. The Hall–Kier alpha value is 0.340. The molecule has 0 radical (unpaired) electrons. The van der Waals surface area contributed by atoms with Crippen LogP contribution in [0.5, 0.6) is 0 Å². The van der Waals surface area contributed by atoms with E-state index in [-0.39, 0.29) is 18.4 Å².